The normalized spacial score (nSPS) is 10.5. The summed E-state index contributed by atoms with van der Waals surface area (Å²) in [5.41, 5.74) is 0.318. The summed E-state index contributed by atoms with van der Waals surface area (Å²) in [6.07, 6.45) is 2.72. The lowest BCUT2D eigenvalue weighted by molar-refractivity contribution is -0.116. The summed E-state index contributed by atoms with van der Waals surface area (Å²) < 4.78 is 4.92. The third-order valence-electron chi connectivity index (χ3n) is 3.74. The van der Waals surface area contributed by atoms with E-state index in [1.807, 2.05) is 0 Å². The number of aryl methyl sites for hydroxylation is 1. The molecule has 0 saturated carbocycles. The summed E-state index contributed by atoms with van der Waals surface area (Å²) in [5.74, 6) is 0.511. The fourth-order valence-corrected chi connectivity index (χ4v) is 2.88. The standard InChI is InChI=1S/C18H22Cl2N4O3/c1-3-4-5-9-24(11-16(25)21-15-10-12(2)27-23-15)18(26)22-17-13(19)7-6-8-14(17)20/h6-8,10H,3-5,9,11H2,1-2H3,(H,22,26)(H,21,23,25). The second-order valence-corrected chi connectivity index (χ2v) is 6.84. The lowest BCUT2D eigenvalue weighted by atomic mass is 10.2. The average Bonchev–Trinajstić information content (AvgIpc) is 3.02. The Morgan fingerprint density at radius 3 is 2.48 bits per heavy atom. The molecule has 7 nitrogen and oxygen atoms in total. The highest BCUT2D eigenvalue weighted by Crippen LogP contribution is 2.30. The summed E-state index contributed by atoms with van der Waals surface area (Å²) in [7, 11) is 0. The second kappa shape index (κ2) is 10.2. The van der Waals surface area contributed by atoms with Gasteiger partial charge >= 0.3 is 6.03 Å². The number of rotatable bonds is 8. The molecule has 3 amide bonds. The van der Waals surface area contributed by atoms with E-state index in [-0.39, 0.29) is 12.5 Å². The van der Waals surface area contributed by atoms with Gasteiger partial charge in [0, 0.05) is 12.6 Å². The van der Waals surface area contributed by atoms with Crippen LogP contribution in [-0.2, 0) is 4.79 Å². The third-order valence-corrected chi connectivity index (χ3v) is 4.37. The van der Waals surface area contributed by atoms with Gasteiger partial charge in [-0.3, -0.25) is 4.79 Å². The van der Waals surface area contributed by atoms with Crippen molar-refractivity contribution in [3.63, 3.8) is 0 Å². The maximum atomic E-state index is 12.7. The van der Waals surface area contributed by atoms with Crippen LogP contribution >= 0.6 is 23.2 Å². The smallest absolute Gasteiger partial charge is 0.322 e. The summed E-state index contributed by atoms with van der Waals surface area (Å²) in [6, 6.07) is 6.09. The number of unbranched alkanes of at least 4 members (excludes halogenated alkanes) is 2. The molecule has 0 atom stereocenters. The highest BCUT2D eigenvalue weighted by atomic mass is 35.5. The summed E-state index contributed by atoms with van der Waals surface area (Å²) in [5, 5.41) is 9.66. The van der Waals surface area contributed by atoms with Crippen LogP contribution < -0.4 is 10.6 Å². The summed E-state index contributed by atoms with van der Waals surface area (Å²) in [6.45, 7) is 4.07. The van der Waals surface area contributed by atoms with Crippen molar-refractivity contribution in [2.24, 2.45) is 0 Å². The van der Waals surface area contributed by atoms with Gasteiger partial charge < -0.3 is 20.1 Å². The molecule has 0 radical (unpaired) electrons. The van der Waals surface area contributed by atoms with E-state index in [9.17, 15) is 9.59 Å². The third kappa shape index (κ3) is 6.45. The summed E-state index contributed by atoms with van der Waals surface area (Å²) in [4.78, 5) is 26.4. The number of hydrogen-bond acceptors (Lipinski definition) is 4. The molecule has 1 aromatic carbocycles. The van der Waals surface area contributed by atoms with E-state index < -0.39 is 6.03 Å². The number of nitrogens with one attached hydrogen (secondary N) is 2. The molecule has 0 aliphatic carbocycles. The molecule has 0 saturated heterocycles. The number of nitrogens with zero attached hydrogens (tertiary/aromatic N) is 2. The first-order valence-corrected chi connectivity index (χ1v) is 9.39. The zero-order valence-electron chi connectivity index (χ0n) is 15.2. The number of carbonyl (C=O) groups is 2. The lowest BCUT2D eigenvalue weighted by Gasteiger charge is -2.23. The molecule has 27 heavy (non-hydrogen) atoms. The van der Waals surface area contributed by atoms with Gasteiger partial charge in [0.05, 0.1) is 15.7 Å². The fraction of sp³-hybridized carbons (Fsp3) is 0.389. The maximum Gasteiger partial charge on any atom is 0.322 e. The number of carbonyl (C=O) groups excluding carboxylic acids is 2. The molecular weight excluding hydrogens is 391 g/mol. The molecule has 2 rings (SSSR count). The highest BCUT2D eigenvalue weighted by molar-refractivity contribution is 6.39. The topological polar surface area (TPSA) is 87.5 Å². The van der Waals surface area contributed by atoms with Gasteiger partial charge in [-0.2, -0.15) is 0 Å². The predicted molar refractivity (Wildman–Crippen MR) is 106 cm³/mol. The van der Waals surface area contributed by atoms with Gasteiger partial charge in [-0.1, -0.05) is 54.2 Å². The predicted octanol–water partition coefficient (Wildman–Crippen LogP) is 4.95. The Labute approximate surface area is 168 Å². The van der Waals surface area contributed by atoms with Crippen LogP contribution in [0.15, 0.2) is 28.8 Å². The molecule has 2 aromatic rings. The van der Waals surface area contributed by atoms with Crippen molar-refractivity contribution >= 4 is 46.6 Å². The first kappa shape index (κ1) is 21.1. The van der Waals surface area contributed by atoms with Gasteiger partial charge in [0.2, 0.25) is 5.91 Å². The monoisotopic (exact) mass is 412 g/mol. The first-order chi connectivity index (χ1) is 12.9. The van der Waals surface area contributed by atoms with Crippen molar-refractivity contribution in [2.45, 2.75) is 33.1 Å². The first-order valence-electron chi connectivity index (χ1n) is 8.63. The molecule has 0 bridgehead atoms. The Morgan fingerprint density at radius 1 is 1.19 bits per heavy atom. The minimum absolute atomic E-state index is 0.135. The second-order valence-electron chi connectivity index (χ2n) is 6.03. The van der Waals surface area contributed by atoms with E-state index in [0.717, 1.165) is 19.3 Å². The number of amides is 3. The minimum Gasteiger partial charge on any atom is -0.360 e. The van der Waals surface area contributed by atoms with Crippen LogP contribution in [0.25, 0.3) is 0 Å². The minimum atomic E-state index is -0.451. The van der Waals surface area contributed by atoms with Crippen molar-refractivity contribution in [1.82, 2.24) is 10.1 Å². The number of halogens is 2. The van der Waals surface area contributed by atoms with E-state index in [1.165, 1.54) is 4.90 Å². The largest absolute Gasteiger partial charge is 0.360 e. The molecular formula is C18H22Cl2N4O3. The Bertz CT molecular complexity index is 774. The zero-order chi connectivity index (χ0) is 19.8. The number of para-hydroxylation sites is 1. The molecule has 9 heteroatoms. The average molecular weight is 413 g/mol. The van der Waals surface area contributed by atoms with Gasteiger partial charge in [0.25, 0.3) is 0 Å². The number of benzene rings is 1. The van der Waals surface area contributed by atoms with Crippen molar-refractivity contribution in [3.8, 4) is 0 Å². The zero-order valence-corrected chi connectivity index (χ0v) is 16.7. The van der Waals surface area contributed by atoms with Crippen LogP contribution in [0.3, 0.4) is 0 Å². The molecule has 0 unspecified atom stereocenters. The Kier molecular flexibility index (Phi) is 7.94. The molecule has 0 aliphatic heterocycles. The van der Waals surface area contributed by atoms with E-state index >= 15 is 0 Å². The summed E-state index contributed by atoms with van der Waals surface area (Å²) >= 11 is 12.2. The van der Waals surface area contributed by atoms with Gasteiger partial charge in [-0.25, -0.2) is 4.79 Å². The van der Waals surface area contributed by atoms with Gasteiger partial charge in [-0.05, 0) is 25.5 Å². The Morgan fingerprint density at radius 2 is 1.89 bits per heavy atom. The Balaban J connectivity index is 2.05. The van der Waals surface area contributed by atoms with Gasteiger partial charge in [0.15, 0.2) is 5.82 Å². The molecule has 0 aliphatic rings. The van der Waals surface area contributed by atoms with Gasteiger partial charge in [0.1, 0.15) is 12.3 Å². The van der Waals surface area contributed by atoms with E-state index in [4.69, 9.17) is 27.7 Å². The highest BCUT2D eigenvalue weighted by Gasteiger charge is 2.19. The number of aromatic nitrogens is 1. The number of urea groups is 1. The molecule has 0 spiro atoms. The maximum absolute atomic E-state index is 12.7. The van der Waals surface area contributed by atoms with Crippen LogP contribution in [0.5, 0.6) is 0 Å². The van der Waals surface area contributed by atoms with Crippen LogP contribution in [0.2, 0.25) is 10.0 Å². The molecule has 1 aromatic heterocycles. The molecule has 146 valence electrons. The van der Waals surface area contributed by atoms with E-state index in [2.05, 4.69) is 22.7 Å². The van der Waals surface area contributed by atoms with E-state index in [0.29, 0.717) is 33.9 Å². The van der Waals surface area contributed by atoms with Crippen LogP contribution in [0, 0.1) is 6.92 Å². The SMILES string of the molecule is CCCCCN(CC(=O)Nc1cc(C)on1)C(=O)Nc1c(Cl)cccc1Cl. The quantitative estimate of drug-likeness (QED) is 0.600. The van der Waals surface area contributed by atoms with Crippen LogP contribution in [0.4, 0.5) is 16.3 Å². The number of hydrogen-bond donors (Lipinski definition) is 2. The Hall–Kier alpha value is -2.25. The van der Waals surface area contributed by atoms with Crippen LogP contribution in [0.1, 0.15) is 31.9 Å². The van der Waals surface area contributed by atoms with Crippen LogP contribution in [-0.4, -0.2) is 35.1 Å². The lowest BCUT2D eigenvalue weighted by Crippen LogP contribution is -2.41. The van der Waals surface area contributed by atoms with Crippen molar-refractivity contribution in [2.75, 3.05) is 23.7 Å². The number of anilines is 2. The van der Waals surface area contributed by atoms with Crippen molar-refractivity contribution < 1.29 is 14.1 Å². The van der Waals surface area contributed by atoms with Crippen molar-refractivity contribution in [1.29, 1.82) is 0 Å². The molecule has 0 fully saturated rings. The van der Waals surface area contributed by atoms with Gasteiger partial charge in [-0.15, -0.1) is 0 Å². The fourth-order valence-electron chi connectivity index (χ4n) is 2.39. The molecule has 2 N–H and O–H groups in total. The molecule has 1 heterocycles. The van der Waals surface area contributed by atoms with E-state index in [1.54, 1.807) is 31.2 Å². The van der Waals surface area contributed by atoms with Crippen molar-refractivity contribution in [3.05, 3.63) is 40.1 Å².